The number of piperidine rings is 1. The van der Waals surface area contributed by atoms with Crippen LogP contribution in [0.1, 0.15) is 76.1 Å². The monoisotopic (exact) mass is 770 g/mol. The molecule has 3 fully saturated rings. The van der Waals surface area contributed by atoms with E-state index in [0.717, 1.165) is 67.9 Å². The van der Waals surface area contributed by atoms with E-state index in [1.807, 2.05) is 28.8 Å². The molecule has 14 heteroatoms. The van der Waals surface area contributed by atoms with E-state index in [4.69, 9.17) is 0 Å². The van der Waals surface area contributed by atoms with Crippen LogP contribution in [0.15, 0.2) is 78.6 Å². The topological polar surface area (TPSA) is 133 Å². The lowest BCUT2D eigenvalue weighted by atomic mass is 9.90. The van der Waals surface area contributed by atoms with Crippen LogP contribution in [0.25, 0.3) is 11.1 Å². The third kappa shape index (κ3) is 6.07. The summed E-state index contributed by atoms with van der Waals surface area (Å²) >= 11 is 1.29. The van der Waals surface area contributed by atoms with Gasteiger partial charge >= 0.3 is 0 Å². The largest absolute Gasteiger partial charge is 0.366 e. The van der Waals surface area contributed by atoms with Crippen molar-refractivity contribution in [1.29, 1.82) is 0 Å². The minimum Gasteiger partial charge on any atom is -0.366 e. The molecule has 4 atom stereocenters. The minimum atomic E-state index is -1.03. The number of hydrogen-bond donors (Lipinski definition) is 2. The lowest BCUT2D eigenvalue weighted by molar-refractivity contribution is -0.134. The second-order valence-electron chi connectivity index (χ2n) is 15.4. The normalized spacial score (nSPS) is 22.1. The number of carbonyl (C=O) groups is 4. The maximum Gasteiger partial charge on any atom is 0.255 e. The van der Waals surface area contributed by atoms with Gasteiger partial charge in [-0.1, -0.05) is 36.4 Å². The van der Waals surface area contributed by atoms with Crippen molar-refractivity contribution in [3.8, 4) is 11.1 Å². The lowest BCUT2D eigenvalue weighted by Gasteiger charge is -2.35. The zero-order valence-corrected chi connectivity index (χ0v) is 31.3. The quantitative estimate of drug-likeness (QED) is 0.190. The molecule has 10 rings (SSSR count). The Bertz CT molecular complexity index is 2380. The van der Waals surface area contributed by atoms with Crippen molar-refractivity contribution in [3.05, 3.63) is 118 Å². The van der Waals surface area contributed by atoms with Gasteiger partial charge in [-0.05, 0) is 72.2 Å². The number of rotatable bonds is 9. The van der Waals surface area contributed by atoms with Crippen molar-refractivity contribution in [3.63, 3.8) is 0 Å². The molecule has 2 aromatic heterocycles. The van der Waals surface area contributed by atoms with Gasteiger partial charge in [0.15, 0.2) is 11.2 Å². The zero-order chi connectivity index (χ0) is 38.1. The number of nitrogens with zero attached hydrogens (tertiary/aromatic N) is 6. The van der Waals surface area contributed by atoms with E-state index in [0.29, 0.717) is 41.3 Å². The van der Waals surface area contributed by atoms with Gasteiger partial charge in [0.1, 0.15) is 5.82 Å². The average molecular weight is 771 g/mol. The van der Waals surface area contributed by atoms with Gasteiger partial charge in [0.2, 0.25) is 11.8 Å². The number of imidazole rings is 1. The maximum absolute atomic E-state index is 15.9. The number of carbonyl (C=O) groups excluding carboxylic acids is 4. The summed E-state index contributed by atoms with van der Waals surface area (Å²) < 4.78 is 17.9. The van der Waals surface area contributed by atoms with Gasteiger partial charge in [-0.2, -0.15) is 0 Å². The minimum absolute atomic E-state index is 0.0380. The van der Waals surface area contributed by atoms with Crippen LogP contribution in [0.3, 0.4) is 0 Å². The van der Waals surface area contributed by atoms with Gasteiger partial charge in [-0.15, -0.1) is 11.3 Å². The molecular weight excluding hydrogens is 732 g/mol. The second kappa shape index (κ2) is 13.8. The molecule has 4 amide bonds. The molecule has 3 saturated heterocycles. The highest BCUT2D eigenvalue weighted by Crippen LogP contribution is 2.40. The molecule has 56 heavy (non-hydrogen) atoms. The summed E-state index contributed by atoms with van der Waals surface area (Å²) in [6, 6.07) is 19.3. The van der Waals surface area contributed by atoms with Crippen LogP contribution in [0.5, 0.6) is 0 Å². The molecule has 5 aromatic rings. The highest BCUT2D eigenvalue weighted by molar-refractivity contribution is 7.13. The highest BCUT2D eigenvalue weighted by Gasteiger charge is 2.44. The number of likely N-dealkylation sites (tertiary alicyclic amines) is 1. The van der Waals surface area contributed by atoms with Gasteiger partial charge < -0.3 is 14.4 Å². The van der Waals surface area contributed by atoms with Crippen LogP contribution in [0.4, 0.5) is 15.2 Å². The number of anilines is 2. The third-order valence-electron chi connectivity index (χ3n) is 12.2. The molecule has 0 saturated carbocycles. The molecule has 0 aliphatic carbocycles. The summed E-state index contributed by atoms with van der Waals surface area (Å²) in [5.74, 6) is -2.00. The molecule has 3 aromatic carbocycles. The first-order valence-corrected chi connectivity index (χ1v) is 20.1. The summed E-state index contributed by atoms with van der Waals surface area (Å²) in [6.07, 6.45) is 6.99. The van der Waals surface area contributed by atoms with Crippen molar-refractivity contribution in [1.82, 2.24) is 29.7 Å². The molecule has 0 spiro atoms. The number of hydrogen-bond acceptors (Lipinski definition) is 9. The number of benzene rings is 3. The zero-order valence-electron chi connectivity index (χ0n) is 30.5. The van der Waals surface area contributed by atoms with Crippen LogP contribution < -0.4 is 15.5 Å². The van der Waals surface area contributed by atoms with Crippen LogP contribution in [-0.4, -0.2) is 73.1 Å². The van der Waals surface area contributed by atoms with Gasteiger partial charge in [0.05, 0.1) is 24.5 Å². The van der Waals surface area contributed by atoms with Crippen molar-refractivity contribution >= 4 is 45.8 Å². The number of aromatic nitrogens is 3. The highest BCUT2D eigenvalue weighted by atomic mass is 32.1. The molecule has 12 nitrogen and oxygen atoms in total. The molecule has 284 valence electrons. The standard InChI is InChI=1S/C42H39FN8O4S/c43-34-17-27(16-32-33(34)22-51(41(32)55)38(40(54)47-42-44-13-15-56-42)37-35-2-1-14-48(35)23-45-37)25-7-9-28(10-8-25)50-21-29-18-30(50)20-49(29)19-24-3-5-26(6-4-24)31-11-12-36(52)46-39(31)53/h3-10,13,15-17,23,29-31,38H,1-2,11-12,14,18-22H2,(H,44,47,54)(H,46,52,53)/t29-,30-,31?,38?/m0/s1. The molecule has 2 bridgehead atoms. The van der Waals surface area contributed by atoms with Gasteiger partial charge in [-0.25, -0.2) is 14.4 Å². The number of thiazole rings is 1. The summed E-state index contributed by atoms with van der Waals surface area (Å²) in [5.41, 5.74) is 6.65. The average Bonchev–Trinajstić information content (AvgIpc) is 4.06. The smallest absolute Gasteiger partial charge is 0.255 e. The van der Waals surface area contributed by atoms with Crippen molar-refractivity contribution in [2.24, 2.45) is 0 Å². The molecule has 2 N–H and O–H groups in total. The van der Waals surface area contributed by atoms with Crippen LogP contribution in [-0.2, 0) is 40.4 Å². The third-order valence-corrected chi connectivity index (χ3v) is 12.9. The van der Waals surface area contributed by atoms with E-state index in [2.05, 4.69) is 54.7 Å². The Hall–Kier alpha value is -5.73. The predicted molar refractivity (Wildman–Crippen MR) is 207 cm³/mol. The molecule has 7 heterocycles. The number of piperazine rings is 1. The fourth-order valence-electron chi connectivity index (χ4n) is 9.37. The van der Waals surface area contributed by atoms with E-state index < -0.39 is 23.7 Å². The van der Waals surface area contributed by atoms with Crippen LogP contribution in [0.2, 0.25) is 0 Å². The van der Waals surface area contributed by atoms with Gasteiger partial charge in [-0.3, -0.25) is 34.7 Å². The first kappa shape index (κ1) is 34.7. The number of nitrogens with one attached hydrogen (secondary N) is 2. The number of fused-ring (bicyclic) bond motifs is 4. The van der Waals surface area contributed by atoms with E-state index in [1.165, 1.54) is 27.9 Å². The Morgan fingerprint density at radius 3 is 2.57 bits per heavy atom. The van der Waals surface area contributed by atoms with Crippen molar-refractivity contribution in [2.45, 2.75) is 75.8 Å². The maximum atomic E-state index is 15.9. The number of imide groups is 1. The Labute approximate surface area is 326 Å². The molecule has 5 aliphatic rings. The van der Waals surface area contributed by atoms with Gasteiger partial charge in [0.25, 0.3) is 11.8 Å². The Kier molecular flexibility index (Phi) is 8.55. The summed E-state index contributed by atoms with van der Waals surface area (Å²) in [7, 11) is 0. The first-order chi connectivity index (χ1) is 27.3. The van der Waals surface area contributed by atoms with E-state index in [9.17, 15) is 19.2 Å². The van der Waals surface area contributed by atoms with E-state index in [-0.39, 0.29) is 35.4 Å². The number of aryl methyl sites for hydroxylation is 1. The predicted octanol–water partition coefficient (Wildman–Crippen LogP) is 5.41. The summed E-state index contributed by atoms with van der Waals surface area (Å²) in [4.78, 5) is 67.0. The fraction of sp³-hybridized carbons (Fsp3) is 0.333. The Balaban J connectivity index is 0.820. The first-order valence-electron chi connectivity index (χ1n) is 19.2. The lowest BCUT2D eigenvalue weighted by Crippen LogP contribution is -2.46. The fourth-order valence-corrected chi connectivity index (χ4v) is 9.90. The molecule has 5 aliphatic heterocycles. The van der Waals surface area contributed by atoms with Crippen LogP contribution in [0, 0.1) is 5.82 Å². The van der Waals surface area contributed by atoms with E-state index >= 15 is 4.39 Å². The summed E-state index contributed by atoms with van der Waals surface area (Å²) in [6.45, 7) is 3.46. The molecule has 2 unspecified atom stereocenters. The Morgan fingerprint density at radius 1 is 0.982 bits per heavy atom. The van der Waals surface area contributed by atoms with Crippen LogP contribution >= 0.6 is 11.3 Å². The number of amides is 4. The van der Waals surface area contributed by atoms with Gasteiger partial charge in [0, 0.05) is 78.8 Å². The molecule has 0 radical (unpaired) electrons. The second-order valence-corrected chi connectivity index (χ2v) is 16.3. The van der Waals surface area contributed by atoms with Crippen molar-refractivity contribution < 1.29 is 23.6 Å². The summed E-state index contributed by atoms with van der Waals surface area (Å²) in [5, 5.41) is 7.48. The number of halogens is 1. The molecular formula is C42H39FN8O4S. The SMILES string of the molecule is O=C1CCC(c2ccc(CN3C[C@@H]4C[C@H]3CN4c3ccc(-c4cc(F)c5c(c4)C(=O)N(C(C(=O)Nc4nccs4)c4ncn6c4CCC6)C5)cc3)cc2)C(=O)N1. The Morgan fingerprint density at radius 2 is 1.82 bits per heavy atom. The van der Waals surface area contributed by atoms with Crippen molar-refractivity contribution in [2.75, 3.05) is 23.3 Å². The van der Waals surface area contributed by atoms with E-state index in [1.54, 1.807) is 24.0 Å².